The lowest BCUT2D eigenvalue weighted by molar-refractivity contribution is -0.121. The predicted molar refractivity (Wildman–Crippen MR) is 109 cm³/mol. The van der Waals surface area contributed by atoms with Crippen molar-refractivity contribution in [3.05, 3.63) is 88.9 Å². The molecule has 6 heteroatoms. The lowest BCUT2D eigenvalue weighted by Crippen LogP contribution is -2.38. The fraction of sp³-hybridized carbons (Fsp3) is 0.0909. The average Bonchev–Trinajstić information content (AvgIpc) is 2.71. The molecule has 5 nitrogen and oxygen atoms in total. The van der Waals surface area contributed by atoms with Crippen LogP contribution in [0.4, 0.5) is 11.4 Å². The van der Waals surface area contributed by atoms with E-state index in [9.17, 15) is 9.59 Å². The Bertz CT molecular complexity index is 1030. The predicted octanol–water partition coefficient (Wildman–Crippen LogP) is 4.52. The zero-order valence-electron chi connectivity index (χ0n) is 14.9. The molecule has 0 fully saturated rings. The summed E-state index contributed by atoms with van der Waals surface area (Å²) in [7, 11) is 0. The smallest absolute Gasteiger partial charge is 0.265 e. The van der Waals surface area contributed by atoms with Crippen LogP contribution in [0.15, 0.2) is 72.8 Å². The molecular formula is C22H17ClN2O3. The SMILES string of the molecule is O=C(Nc1cccc(Cl)c1)c1ccc(CN2C(=O)COc3ccccc32)cc1. The molecular weight excluding hydrogens is 376 g/mol. The number of hydrogen-bond acceptors (Lipinski definition) is 3. The molecule has 3 aromatic carbocycles. The number of nitrogens with zero attached hydrogens (tertiary/aromatic N) is 1. The van der Waals surface area contributed by atoms with Gasteiger partial charge in [0.25, 0.3) is 11.8 Å². The van der Waals surface area contributed by atoms with Crippen molar-refractivity contribution < 1.29 is 14.3 Å². The number of para-hydroxylation sites is 2. The van der Waals surface area contributed by atoms with Gasteiger partial charge in [-0.1, -0.05) is 41.9 Å². The van der Waals surface area contributed by atoms with Gasteiger partial charge in [-0.25, -0.2) is 0 Å². The van der Waals surface area contributed by atoms with E-state index >= 15 is 0 Å². The molecule has 140 valence electrons. The van der Waals surface area contributed by atoms with Crippen LogP contribution in [0.3, 0.4) is 0 Å². The van der Waals surface area contributed by atoms with Crippen molar-refractivity contribution in [1.82, 2.24) is 0 Å². The Hall–Kier alpha value is -3.31. The lowest BCUT2D eigenvalue weighted by Gasteiger charge is -2.29. The van der Waals surface area contributed by atoms with Crippen LogP contribution >= 0.6 is 11.6 Å². The molecule has 3 aromatic rings. The molecule has 0 bridgehead atoms. The van der Waals surface area contributed by atoms with E-state index in [0.29, 0.717) is 28.6 Å². The number of ether oxygens (including phenoxy) is 1. The second-order valence-electron chi connectivity index (χ2n) is 6.40. The van der Waals surface area contributed by atoms with Gasteiger partial charge in [0.1, 0.15) is 5.75 Å². The summed E-state index contributed by atoms with van der Waals surface area (Å²) in [6.07, 6.45) is 0. The summed E-state index contributed by atoms with van der Waals surface area (Å²) in [5.41, 5.74) is 2.83. The maximum Gasteiger partial charge on any atom is 0.265 e. The molecule has 4 rings (SSSR count). The Morgan fingerprint density at radius 3 is 2.61 bits per heavy atom. The number of nitrogens with one attached hydrogen (secondary N) is 1. The molecule has 0 aliphatic carbocycles. The van der Waals surface area contributed by atoms with Crippen molar-refractivity contribution in [2.75, 3.05) is 16.8 Å². The van der Waals surface area contributed by atoms with Gasteiger partial charge in [-0.05, 0) is 48.0 Å². The highest BCUT2D eigenvalue weighted by atomic mass is 35.5. The number of fused-ring (bicyclic) bond motifs is 1. The van der Waals surface area contributed by atoms with Gasteiger partial charge < -0.3 is 15.0 Å². The third-order valence-corrected chi connectivity index (χ3v) is 4.68. The molecule has 0 spiro atoms. The number of anilines is 2. The topological polar surface area (TPSA) is 58.6 Å². The highest BCUT2D eigenvalue weighted by molar-refractivity contribution is 6.31. The van der Waals surface area contributed by atoms with Gasteiger partial charge in [-0.3, -0.25) is 9.59 Å². The van der Waals surface area contributed by atoms with Crippen molar-refractivity contribution >= 4 is 34.8 Å². The third-order valence-electron chi connectivity index (χ3n) is 4.45. The van der Waals surface area contributed by atoms with Crippen LogP contribution < -0.4 is 15.0 Å². The number of carbonyl (C=O) groups is 2. The van der Waals surface area contributed by atoms with Gasteiger partial charge in [-0.2, -0.15) is 0 Å². The van der Waals surface area contributed by atoms with Crippen LogP contribution in [0.25, 0.3) is 0 Å². The number of hydrogen-bond donors (Lipinski definition) is 1. The Balaban J connectivity index is 1.48. The summed E-state index contributed by atoms with van der Waals surface area (Å²) < 4.78 is 5.47. The number of rotatable bonds is 4. The first-order valence-electron chi connectivity index (χ1n) is 8.78. The molecule has 28 heavy (non-hydrogen) atoms. The standard InChI is InChI=1S/C22H17ClN2O3/c23-17-4-3-5-18(12-17)24-22(27)16-10-8-15(9-11-16)13-25-19-6-1-2-7-20(19)28-14-21(25)26/h1-12H,13-14H2,(H,24,27). The van der Waals surface area contributed by atoms with Crippen molar-refractivity contribution in [2.24, 2.45) is 0 Å². The van der Waals surface area contributed by atoms with Gasteiger partial charge in [-0.15, -0.1) is 0 Å². The van der Waals surface area contributed by atoms with E-state index < -0.39 is 0 Å². The van der Waals surface area contributed by atoms with Crippen LogP contribution in [-0.4, -0.2) is 18.4 Å². The van der Waals surface area contributed by atoms with Gasteiger partial charge >= 0.3 is 0 Å². The van der Waals surface area contributed by atoms with Crippen LogP contribution in [0, 0.1) is 0 Å². The van der Waals surface area contributed by atoms with Crippen molar-refractivity contribution in [3.8, 4) is 5.75 Å². The number of halogens is 1. The number of benzene rings is 3. The third kappa shape index (κ3) is 3.85. The molecule has 0 saturated carbocycles. The first kappa shape index (κ1) is 18.1. The highest BCUT2D eigenvalue weighted by Gasteiger charge is 2.25. The Morgan fingerprint density at radius 1 is 1.04 bits per heavy atom. The normalized spacial score (nSPS) is 12.9. The molecule has 2 amide bonds. The monoisotopic (exact) mass is 392 g/mol. The van der Waals surface area contributed by atoms with Crippen molar-refractivity contribution in [1.29, 1.82) is 0 Å². The molecule has 0 unspecified atom stereocenters. The van der Waals surface area contributed by atoms with E-state index in [1.165, 1.54) is 0 Å². The van der Waals surface area contributed by atoms with Gasteiger partial charge in [0.05, 0.1) is 12.2 Å². The van der Waals surface area contributed by atoms with Gasteiger partial charge in [0, 0.05) is 16.3 Å². The van der Waals surface area contributed by atoms with Gasteiger partial charge in [0.15, 0.2) is 6.61 Å². The summed E-state index contributed by atoms with van der Waals surface area (Å²) >= 11 is 5.94. The second-order valence-corrected chi connectivity index (χ2v) is 6.83. The number of amides is 2. The Morgan fingerprint density at radius 2 is 1.82 bits per heavy atom. The number of carbonyl (C=O) groups excluding carboxylic acids is 2. The fourth-order valence-electron chi connectivity index (χ4n) is 3.04. The molecule has 1 aliphatic heterocycles. The summed E-state index contributed by atoms with van der Waals surface area (Å²) in [5.74, 6) is 0.378. The molecule has 0 aromatic heterocycles. The van der Waals surface area contributed by atoms with E-state index in [1.807, 2.05) is 36.4 Å². The zero-order valence-corrected chi connectivity index (χ0v) is 15.6. The first-order chi connectivity index (χ1) is 13.6. The quantitative estimate of drug-likeness (QED) is 0.710. The maximum atomic E-state index is 12.4. The van der Waals surface area contributed by atoms with E-state index in [1.54, 1.807) is 41.3 Å². The fourth-order valence-corrected chi connectivity index (χ4v) is 3.23. The summed E-state index contributed by atoms with van der Waals surface area (Å²) in [6.45, 7) is 0.437. The van der Waals surface area contributed by atoms with Gasteiger partial charge in [0.2, 0.25) is 0 Å². The molecule has 1 aliphatic rings. The van der Waals surface area contributed by atoms with E-state index in [2.05, 4.69) is 5.32 Å². The molecule has 0 radical (unpaired) electrons. The summed E-state index contributed by atoms with van der Waals surface area (Å²) in [5, 5.41) is 3.37. The van der Waals surface area contributed by atoms with Crippen molar-refractivity contribution in [2.45, 2.75) is 6.54 Å². The van der Waals surface area contributed by atoms with Crippen LogP contribution in [0.1, 0.15) is 15.9 Å². The maximum absolute atomic E-state index is 12.4. The van der Waals surface area contributed by atoms with Crippen LogP contribution in [-0.2, 0) is 11.3 Å². The largest absolute Gasteiger partial charge is 0.482 e. The molecule has 1 heterocycles. The van der Waals surface area contributed by atoms with Crippen LogP contribution in [0.5, 0.6) is 5.75 Å². The molecule has 0 saturated heterocycles. The molecule has 1 N–H and O–H groups in total. The van der Waals surface area contributed by atoms with E-state index in [0.717, 1.165) is 11.3 Å². The minimum absolute atomic E-state index is 0.0249. The Labute approximate surface area is 167 Å². The van der Waals surface area contributed by atoms with Crippen LogP contribution in [0.2, 0.25) is 5.02 Å². The van der Waals surface area contributed by atoms with Crippen molar-refractivity contribution in [3.63, 3.8) is 0 Å². The second kappa shape index (κ2) is 7.74. The summed E-state index contributed by atoms with van der Waals surface area (Å²) in [4.78, 5) is 26.4. The summed E-state index contributed by atoms with van der Waals surface area (Å²) in [6, 6.07) is 21.6. The highest BCUT2D eigenvalue weighted by Crippen LogP contribution is 2.32. The average molecular weight is 393 g/mol. The minimum Gasteiger partial charge on any atom is -0.482 e. The van der Waals surface area contributed by atoms with E-state index in [-0.39, 0.29) is 18.4 Å². The Kier molecular flexibility index (Phi) is 5.00. The first-order valence-corrected chi connectivity index (χ1v) is 9.16. The lowest BCUT2D eigenvalue weighted by atomic mass is 10.1. The zero-order chi connectivity index (χ0) is 19.5. The molecule has 0 atom stereocenters. The van der Waals surface area contributed by atoms with E-state index in [4.69, 9.17) is 16.3 Å². The minimum atomic E-state index is -0.221.